The predicted octanol–water partition coefficient (Wildman–Crippen LogP) is 2.92. The summed E-state index contributed by atoms with van der Waals surface area (Å²) in [6, 6.07) is 8.14. The van der Waals surface area contributed by atoms with E-state index in [9.17, 15) is 0 Å². The predicted molar refractivity (Wildman–Crippen MR) is 78.9 cm³/mol. The molecule has 2 atom stereocenters. The maximum absolute atomic E-state index is 5.74. The van der Waals surface area contributed by atoms with Gasteiger partial charge in [-0.05, 0) is 65.8 Å². The van der Waals surface area contributed by atoms with Crippen molar-refractivity contribution in [1.29, 1.82) is 0 Å². The maximum Gasteiger partial charge on any atom is 0.182 e. The quantitative estimate of drug-likeness (QED) is 0.853. The van der Waals surface area contributed by atoms with E-state index in [1.165, 1.54) is 6.42 Å². The van der Waals surface area contributed by atoms with E-state index in [0.717, 1.165) is 41.8 Å². The summed E-state index contributed by atoms with van der Waals surface area (Å²) in [6.07, 6.45) is 3.60. The average molecular weight is 271 g/mol. The van der Waals surface area contributed by atoms with Crippen molar-refractivity contribution in [3.05, 3.63) is 24.3 Å². The highest BCUT2D eigenvalue weighted by Gasteiger charge is 2.28. The molecule has 0 amide bonds. The second-order valence-corrected chi connectivity index (χ2v) is 6.14. The van der Waals surface area contributed by atoms with E-state index >= 15 is 0 Å². The van der Waals surface area contributed by atoms with Crippen molar-refractivity contribution in [2.24, 2.45) is 11.8 Å². The molecule has 1 aliphatic rings. The summed E-state index contributed by atoms with van der Waals surface area (Å²) in [5.41, 5.74) is 7.52. The fourth-order valence-corrected chi connectivity index (χ4v) is 3.37. The van der Waals surface area contributed by atoms with E-state index in [2.05, 4.69) is 29.4 Å². The van der Waals surface area contributed by atoms with Gasteiger partial charge in [0.05, 0.1) is 6.04 Å². The first-order chi connectivity index (χ1) is 9.63. The highest BCUT2D eigenvalue weighted by molar-refractivity contribution is 5.58. The van der Waals surface area contributed by atoms with E-state index < -0.39 is 0 Å². The van der Waals surface area contributed by atoms with Gasteiger partial charge in [0, 0.05) is 11.3 Å². The topological polar surface area (TPSA) is 69.6 Å². The SMILES string of the molecule is CC1CC(C)CC(n2nnnc2-c2ccc(N)cc2)C1. The second kappa shape index (κ2) is 5.23. The van der Waals surface area contributed by atoms with E-state index in [0.29, 0.717) is 6.04 Å². The third kappa shape index (κ3) is 2.53. The number of tetrazole rings is 1. The molecule has 1 aromatic carbocycles. The van der Waals surface area contributed by atoms with Crippen molar-refractivity contribution in [2.75, 3.05) is 5.73 Å². The minimum absolute atomic E-state index is 0.399. The van der Waals surface area contributed by atoms with Gasteiger partial charge in [0.1, 0.15) is 0 Å². The molecule has 0 aliphatic heterocycles. The highest BCUT2D eigenvalue weighted by atomic mass is 15.5. The molecule has 0 saturated heterocycles. The molecule has 2 unspecified atom stereocenters. The Kier molecular flexibility index (Phi) is 3.42. The van der Waals surface area contributed by atoms with Crippen LogP contribution in [0, 0.1) is 11.8 Å². The molecule has 1 aliphatic carbocycles. The molecule has 1 heterocycles. The molecular formula is C15H21N5. The molecule has 5 heteroatoms. The third-order valence-electron chi connectivity index (χ3n) is 4.16. The van der Waals surface area contributed by atoms with Crippen LogP contribution in [0.2, 0.25) is 0 Å². The summed E-state index contributed by atoms with van der Waals surface area (Å²) in [5, 5.41) is 12.3. The lowest BCUT2D eigenvalue weighted by Crippen LogP contribution is -2.24. The zero-order valence-corrected chi connectivity index (χ0v) is 12.0. The van der Waals surface area contributed by atoms with Gasteiger partial charge < -0.3 is 5.73 Å². The Labute approximate surface area is 119 Å². The Morgan fingerprint density at radius 3 is 2.35 bits per heavy atom. The van der Waals surface area contributed by atoms with Gasteiger partial charge in [-0.15, -0.1) is 5.10 Å². The lowest BCUT2D eigenvalue weighted by Gasteiger charge is -2.31. The zero-order chi connectivity index (χ0) is 14.1. The number of nitrogen functional groups attached to an aromatic ring is 1. The van der Waals surface area contributed by atoms with Crippen molar-refractivity contribution in [3.63, 3.8) is 0 Å². The minimum atomic E-state index is 0.399. The van der Waals surface area contributed by atoms with E-state index in [1.54, 1.807) is 0 Å². The van der Waals surface area contributed by atoms with Gasteiger partial charge in [-0.2, -0.15) is 0 Å². The number of nitrogens with zero attached hydrogens (tertiary/aromatic N) is 4. The van der Waals surface area contributed by atoms with Crippen LogP contribution in [0.3, 0.4) is 0 Å². The molecule has 0 bridgehead atoms. The van der Waals surface area contributed by atoms with Crippen molar-refractivity contribution in [1.82, 2.24) is 20.2 Å². The number of aromatic nitrogens is 4. The molecule has 106 valence electrons. The molecule has 2 aromatic rings. The fourth-order valence-electron chi connectivity index (χ4n) is 3.37. The molecule has 20 heavy (non-hydrogen) atoms. The number of hydrogen-bond donors (Lipinski definition) is 1. The summed E-state index contributed by atoms with van der Waals surface area (Å²) >= 11 is 0. The molecule has 2 N–H and O–H groups in total. The van der Waals surface area contributed by atoms with Gasteiger partial charge in [-0.1, -0.05) is 13.8 Å². The molecule has 1 fully saturated rings. The Hall–Kier alpha value is -1.91. The van der Waals surface area contributed by atoms with Gasteiger partial charge in [-0.3, -0.25) is 0 Å². The van der Waals surface area contributed by atoms with Crippen LogP contribution in [0.1, 0.15) is 39.2 Å². The van der Waals surface area contributed by atoms with Gasteiger partial charge in [0.15, 0.2) is 5.82 Å². The molecule has 3 rings (SSSR count). The molecule has 5 nitrogen and oxygen atoms in total. The first-order valence-electron chi connectivity index (χ1n) is 7.27. The average Bonchev–Trinajstić information content (AvgIpc) is 2.87. The number of benzene rings is 1. The lowest BCUT2D eigenvalue weighted by molar-refractivity contribution is 0.209. The Bertz CT molecular complexity index is 564. The summed E-state index contributed by atoms with van der Waals surface area (Å²) in [6.45, 7) is 4.63. The standard InChI is InChI=1S/C15H21N5/c1-10-7-11(2)9-14(8-10)20-15(17-18-19-20)12-3-5-13(16)6-4-12/h3-6,10-11,14H,7-9,16H2,1-2H3. The van der Waals surface area contributed by atoms with Crippen LogP contribution in [0.25, 0.3) is 11.4 Å². The number of rotatable bonds is 2. The summed E-state index contributed by atoms with van der Waals surface area (Å²) in [4.78, 5) is 0. The Balaban J connectivity index is 1.91. The molecule has 0 radical (unpaired) electrons. The van der Waals surface area contributed by atoms with Crippen LogP contribution in [0.15, 0.2) is 24.3 Å². The summed E-state index contributed by atoms with van der Waals surface area (Å²) in [7, 11) is 0. The summed E-state index contributed by atoms with van der Waals surface area (Å²) in [5.74, 6) is 2.30. The number of hydrogen-bond acceptors (Lipinski definition) is 4. The van der Waals surface area contributed by atoms with Crippen LogP contribution in [-0.4, -0.2) is 20.2 Å². The molecular weight excluding hydrogens is 250 g/mol. The van der Waals surface area contributed by atoms with Crippen molar-refractivity contribution in [3.8, 4) is 11.4 Å². The normalized spacial score (nSPS) is 26.6. The smallest absolute Gasteiger partial charge is 0.182 e. The number of nitrogens with two attached hydrogens (primary N) is 1. The fraction of sp³-hybridized carbons (Fsp3) is 0.533. The van der Waals surface area contributed by atoms with Crippen LogP contribution < -0.4 is 5.73 Å². The van der Waals surface area contributed by atoms with Crippen molar-refractivity contribution >= 4 is 5.69 Å². The van der Waals surface area contributed by atoms with Gasteiger partial charge in [0.2, 0.25) is 0 Å². The Morgan fingerprint density at radius 2 is 1.70 bits per heavy atom. The number of anilines is 1. The first kappa shape index (κ1) is 13.1. The third-order valence-corrected chi connectivity index (χ3v) is 4.16. The van der Waals surface area contributed by atoms with Crippen molar-refractivity contribution < 1.29 is 0 Å². The van der Waals surface area contributed by atoms with Crippen LogP contribution >= 0.6 is 0 Å². The van der Waals surface area contributed by atoms with Crippen LogP contribution in [-0.2, 0) is 0 Å². The highest BCUT2D eigenvalue weighted by Crippen LogP contribution is 2.37. The van der Waals surface area contributed by atoms with Gasteiger partial charge in [0.25, 0.3) is 0 Å². The summed E-state index contributed by atoms with van der Waals surface area (Å²) < 4.78 is 2.00. The van der Waals surface area contributed by atoms with Gasteiger partial charge >= 0.3 is 0 Å². The van der Waals surface area contributed by atoms with Crippen molar-refractivity contribution in [2.45, 2.75) is 39.2 Å². The Morgan fingerprint density at radius 1 is 1.05 bits per heavy atom. The molecule has 0 spiro atoms. The monoisotopic (exact) mass is 271 g/mol. The zero-order valence-electron chi connectivity index (χ0n) is 12.0. The van der Waals surface area contributed by atoms with E-state index in [1.807, 2.05) is 28.9 Å². The molecule has 1 saturated carbocycles. The second-order valence-electron chi connectivity index (χ2n) is 6.14. The molecule has 1 aromatic heterocycles. The van der Waals surface area contributed by atoms with E-state index in [-0.39, 0.29) is 0 Å². The van der Waals surface area contributed by atoms with Crippen LogP contribution in [0.4, 0.5) is 5.69 Å². The van der Waals surface area contributed by atoms with Gasteiger partial charge in [-0.25, -0.2) is 4.68 Å². The largest absolute Gasteiger partial charge is 0.399 e. The van der Waals surface area contributed by atoms with Crippen LogP contribution in [0.5, 0.6) is 0 Å². The minimum Gasteiger partial charge on any atom is -0.399 e. The lowest BCUT2D eigenvalue weighted by atomic mass is 9.80. The maximum atomic E-state index is 5.74. The van der Waals surface area contributed by atoms with E-state index in [4.69, 9.17) is 5.73 Å². The first-order valence-corrected chi connectivity index (χ1v) is 7.27.